The second-order valence-electron chi connectivity index (χ2n) is 6.93. The zero-order valence-corrected chi connectivity index (χ0v) is 15.5. The zero-order valence-electron chi connectivity index (χ0n) is 14.7. The highest BCUT2D eigenvalue weighted by Gasteiger charge is 2.29. The van der Waals surface area contributed by atoms with Gasteiger partial charge in [-0.15, -0.1) is 12.4 Å². The number of nitrogens with one attached hydrogen (secondary N) is 4. The molecule has 2 atom stereocenters. The average molecular weight is 367 g/mol. The first-order valence-electron chi connectivity index (χ1n) is 8.71. The zero-order chi connectivity index (χ0) is 17.1. The van der Waals surface area contributed by atoms with Crippen LogP contribution in [0.15, 0.2) is 24.3 Å². The number of hydrogen-bond donors (Lipinski definition) is 4. The third-order valence-electron chi connectivity index (χ3n) is 4.87. The van der Waals surface area contributed by atoms with Crippen LogP contribution in [0.2, 0.25) is 0 Å². The topological polar surface area (TPSA) is 82.3 Å². The fourth-order valence-electron chi connectivity index (χ4n) is 2.74. The third-order valence-corrected chi connectivity index (χ3v) is 4.87. The van der Waals surface area contributed by atoms with Crippen molar-refractivity contribution in [3.8, 4) is 0 Å². The van der Waals surface area contributed by atoms with E-state index >= 15 is 0 Å². The Balaban J connectivity index is 0.00000225. The molecule has 1 saturated carbocycles. The molecule has 1 heterocycles. The molecule has 138 valence electrons. The van der Waals surface area contributed by atoms with Gasteiger partial charge in [-0.1, -0.05) is 19.1 Å². The quantitative estimate of drug-likeness (QED) is 0.624. The maximum absolute atomic E-state index is 12.3. The van der Waals surface area contributed by atoms with Gasteiger partial charge in [-0.3, -0.25) is 4.79 Å². The number of hydrogen-bond acceptors (Lipinski definition) is 3. The summed E-state index contributed by atoms with van der Waals surface area (Å²) in [6, 6.07) is 7.73. The van der Waals surface area contributed by atoms with Crippen LogP contribution < -0.4 is 21.3 Å². The molecule has 1 aromatic carbocycles. The van der Waals surface area contributed by atoms with E-state index in [1.54, 1.807) is 0 Å². The molecule has 2 aliphatic rings. The summed E-state index contributed by atoms with van der Waals surface area (Å²) >= 11 is 0. The van der Waals surface area contributed by atoms with E-state index in [-0.39, 0.29) is 36.3 Å². The lowest BCUT2D eigenvalue weighted by atomic mass is 9.88. The lowest BCUT2D eigenvalue weighted by Crippen LogP contribution is -2.49. The van der Waals surface area contributed by atoms with Crippen LogP contribution in [0, 0.1) is 11.8 Å². The Bertz CT molecular complexity index is 600. The number of benzene rings is 1. The number of carbonyl (C=O) groups excluding carboxylic acids is 2. The van der Waals surface area contributed by atoms with Gasteiger partial charge in [0.25, 0.3) is 0 Å². The summed E-state index contributed by atoms with van der Waals surface area (Å²) in [6.45, 7) is 5.81. The van der Waals surface area contributed by atoms with Crippen LogP contribution >= 0.6 is 12.4 Å². The van der Waals surface area contributed by atoms with Gasteiger partial charge in [0.2, 0.25) is 5.91 Å². The van der Waals surface area contributed by atoms with E-state index in [0.717, 1.165) is 37.2 Å². The molecule has 1 aliphatic carbocycles. The minimum absolute atomic E-state index is 0. The van der Waals surface area contributed by atoms with Crippen LogP contribution in [0.5, 0.6) is 0 Å². The number of amides is 3. The van der Waals surface area contributed by atoms with Crippen molar-refractivity contribution >= 4 is 30.0 Å². The molecule has 4 N–H and O–H groups in total. The summed E-state index contributed by atoms with van der Waals surface area (Å²) in [5.41, 5.74) is 1.78. The van der Waals surface area contributed by atoms with Gasteiger partial charge in [0.05, 0.1) is 6.04 Å². The van der Waals surface area contributed by atoms with E-state index in [9.17, 15) is 9.59 Å². The Morgan fingerprint density at radius 2 is 1.76 bits per heavy atom. The Morgan fingerprint density at radius 3 is 2.28 bits per heavy atom. The Morgan fingerprint density at radius 1 is 1.12 bits per heavy atom. The average Bonchev–Trinajstić information content (AvgIpc) is 3.29. The molecule has 1 aliphatic heterocycles. The first-order valence-corrected chi connectivity index (χ1v) is 8.71. The van der Waals surface area contributed by atoms with E-state index in [0.29, 0.717) is 12.0 Å². The predicted octanol–water partition coefficient (Wildman–Crippen LogP) is 2.43. The van der Waals surface area contributed by atoms with Gasteiger partial charge in [-0.2, -0.15) is 0 Å². The number of urea groups is 1. The predicted molar refractivity (Wildman–Crippen MR) is 101 cm³/mol. The first kappa shape index (κ1) is 19.5. The lowest BCUT2D eigenvalue weighted by Gasteiger charge is -2.32. The highest BCUT2D eigenvalue weighted by atomic mass is 35.5. The summed E-state index contributed by atoms with van der Waals surface area (Å²) in [5, 5.41) is 12.0. The number of carbonyl (C=O) groups is 2. The van der Waals surface area contributed by atoms with Crippen molar-refractivity contribution in [3.63, 3.8) is 0 Å². The van der Waals surface area contributed by atoms with Crippen LogP contribution in [0.25, 0.3) is 0 Å². The van der Waals surface area contributed by atoms with Crippen molar-refractivity contribution in [2.24, 2.45) is 11.8 Å². The molecule has 0 spiro atoms. The second kappa shape index (κ2) is 8.54. The smallest absolute Gasteiger partial charge is 0.319 e. The minimum Gasteiger partial charge on any atom is -0.349 e. The maximum Gasteiger partial charge on any atom is 0.319 e. The molecular weight excluding hydrogens is 340 g/mol. The Kier molecular flexibility index (Phi) is 6.67. The lowest BCUT2D eigenvalue weighted by molar-refractivity contribution is -0.127. The fraction of sp³-hybridized carbons (Fsp3) is 0.556. The van der Waals surface area contributed by atoms with E-state index in [4.69, 9.17) is 0 Å². The molecule has 7 heteroatoms. The largest absolute Gasteiger partial charge is 0.349 e. The van der Waals surface area contributed by atoms with E-state index in [1.165, 1.54) is 0 Å². The van der Waals surface area contributed by atoms with Crippen molar-refractivity contribution in [1.29, 1.82) is 0 Å². The highest BCUT2D eigenvalue weighted by Crippen LogP contribution is 2.21. The molecule has 2 unspecified atom stereocenters. The van der Waals surface area contributed by atoms with Gasteiger partial charge in [0.15, 0.2) is 0 Å². The van der Waals surface area contributed by atoms with Gasteiger partial charge in [0.1, 0.15) is 0 Å². The Labute approximate surface area is 154 Å². The van der Waals surface area contributed by atoms with E-state index in [1.807, 2.05) is 38.1 Å². The van der Waals surface area contributed by atoms with Gasteiger partial charge in [0, 0.05) is 17.6 Å². The molecule has 1 aromatic rings. The SMILES string of the molecule is CC(NC(=O)C(C)C1CNC1)c1ccc(NC(=O)NC2CC2)cc1.Cl. The molecule has 3 rings (SSSR count). The van der Waals surface area contributed by atoms with Crippen molar-refractivity contribution < 1.29 is 9.59 Å². The van der Waals surface area contributed by atoms with Crippen LogP contribution in [0.3, 0.4) is 0 Å². The third kappa shape index (κ3) is 5.34. The Hall–Kier alpha value is -1.79. The highest BCUT2D eigenvalue weighted by molar-refractivity contribution is 5.89. The van der Waals surface area contributed by atoms with Crippen molar-refractivity contribution in [2.75, 3.05) is 18.4 Å². The van der Waals surface area contributed by atoms with Gasteiger partial charge >= 0.3 is 6.03 Å². The van der Waals surface area contributed by atoms with Crippen LogP contribution in [-0.4, -0.2) is 31.1 Å². The van der Waals surface area contributed by atoms with Crippen LogP contribution in [0.4, 0.5) is 10.5 Å². The van der Waals surface area contributed by atoms with E-state index in [2.05, 4.69) is 21.3 Å². The maximum atomic E-state index is 12.3. The first-order chi connectivity index (χ1) is 11.5. The summed E-state index contributed by atoms with van der Waals surface area (Å²) < 4.78 is 0. The number of rotatable bonds is 6. The summed E-state index contributed by atoms with van der Waals surface area (Å²) in [6.07, 6.45) is 2.14. The van der Waals surface area contributed by atoms with Crippen molar-refractivity contribution in [2.45, 2.75) is 38.8 Å². The molecule has 2 fully saturated rings. The molecule has 3 amide bonds. The minimum atomic E-state index is -0.158. The fourth-order valence-corrected chi connectivity index (χ4v) is 2.74. The summed E-state index contributed by atoms with van der Waals surface area (Å²) in [5.74, 6) is 0.564. The molecule has 0 aromatic heterocycles. The number of halogens is 1. The standard InChI is InChI=1S/C18H26N4O2.ClH/c1-11(14-9-19-10-14)17(23)20-12(2)13-3-5-15(6-4-13)21-18(24)22-16-7-8-16;/h3-6,11-12,14,16,19H,7-10H2,1-2H3,(H,20,23)(H2,21,22,24);1H. The van der Waals surface area contributed by atoms with Crippen molar-refractivity contribution in [1.82, 2.24) is 16.0 Å². The molecule has 6 nitrogen and oxygen atoms in total. The normalized spacial score (nSPS) is 19.0. The monoisotopic (exact) mass is 366 g/mol. The summed E-state index contributed by atoms with van der Waals surface area (Å²) in [7, 11) is 0. The number of anilines is 1. The molecule has 25 heavy (non-hydrogen) atoms. The second-order valence-corrected chi connectivity index (χ2v) is 6.93. The molecule has 1 saturated heterocycles. The summed E-state index contributed by atoms with van der Waals surface area (Å²) in [4.78, 5) is 24.0. The van der Waals surface area contributed by atoms with Gasteiger partial charge in [-0.25, -0.2) is 4.79 Å². The van der Waals surface area contributed by atoms with Crippen molar-refractivity contribution in [3.05, 3.63) is 29.8 Å². The molecule has 0 radical (unpaired) electrons. The van der Waals surface area contributed by atoms with Crippen LogP contribution in [-0.2, 0) is 4.79 Å². The molecule has 0 bridgehead atoms. The van der Waals surface area contributed by atoms with Gasteiger partial charge < -0.3 is 21.3 Å². The van der Waals surface area contributed by atoms with Crippen LogP contribution in [0.1, 0.15) is 38.3 Å². The molecular formula is C18H27ClN4O2. The van der Waals surface area contributed by atoms with E-state index < -0.39 is 0 Å². The van der Waals surface area contributed by atoms with Gasteiger partial charge in [-0.05, 0) is 56.5 Å².